The molecular weight excluding hydrogens is 222 g/mol. The zero-order valence-corrected chi connectivity index (χ0v) is 9.27. The number of hydrogen-bond acceptors (Lipinski definition) is 7. The van der Waals surface area contributed by atoms with Crippen molar-refractivity contribution < 1.29 is 4.79 Å². The van der Waals surface area contributed by atoms with Gasteiger partial charge in [0, 0.05) is 11.5 Å². The molecule has 1 amide bonds. The van der Waals surface area contributed by atoms with Crippen molar-refractivity contribution in [1.82, 2.24) is 14.8 Å². The molecular formula is C6H11N5OS2. The Morgan fingerprint density at radius 2 is 2.57 bits per heavy atom. The standard InChI is InChI=1S/C6H11N5OS2/c1-13-3-2-4(7)5(12)8-6-9-10-11-14-6/h4H,2-3,7H2,1H3,(H,8,9,11,12)/t4-/m0/s1. The van der Waals surface area contributed by atoms with Crippen molar-refractivity contribution in [2.45, 2.75) is 12.5 Å². The molecule has 6 nitrogen and oxygen atoms in total. The fourth-order valence-corrected chi connectivity index (χ4v) is 1.62. The highest BCUT2D eigenvalue weighted by Crippen LogP contribution is 2.06. The Bertz CT molecular complexity index is 278. The van der Waals surface area contributed by atoms with Gasteiger partial charge in [-0.1, -0.05) is 9.59 Å². The van der Waals surface area contributed by atoms with E-state index in [0.29, 0.717) is 11.6 Å². The minimum atomic E-state index is -0.494. The second-order valence-electron chi connectivity index (χ2n) is 2.54. The number of rotatable bonds is 5. The Morgan fingerprint density at radius 3 is 3.14 bits per heavy atom. The van der Waals surface area contributed by atoms with Gasteiger partial charge in [0.15, 0.2) is 0 Å². The molecule has 0 aliphatic heterocycles. The highest BCUT2D eigenvalue weighted by molar-refractivity contribution is 7.98. The smallest absolute Gasteiger partial charge is 0.243 e. The first kappa shape index (κ1) is 11.3. The van der Waals surface area contributed by atoms with Crippen LogP contribution in [0.15, 0.2) is 0 Å². The van der Waals surface area contributed by atoms with Crippen molar-refractivity contribution in [2.75, 3.05) is 17.3 Å². The Balaban J connectivity index is 2.34. The molecule has 0 unspecified atom stereocenters. The monoisotopic (exact) mass is 233 g/mol. The largest absolute Gasteiger partial charge is 0.320 e. The summed E-state index contributed by atoms with van der Waals surface area (Å²) in [5, 5.41) is 9.86. The maximum atomic E-state index is 11.4. The second-order valence-corrected chi connectivity index (χ2v) is 4.26. The van der Waals surface area contributed by atoms with E-state index < -0.39 is 6.04 Å². The third kappa shape index (κ3) is 3.56. The number of nitrogens with one attached hydrogen (secondary N) is 1. The number of carbonyl (C=O) groups excluding carboxylic acids is 1. The zero-order chi connectivity index (χ0) is 10.4. The number of nitrogens with zero attached hydrogens (tertiary/aromatic N) is 3. The fourth-order valence-electron chi connectivity index (χ4n) is 0.756. The van der Waals surface area contributed by atoms with E-state index in [1.54, 1.807) is 11.8 Å². The third-order valence-electron chi connectivity index (χ3n) is 1.50. The summed E-state index contributed by atoms with van der Waals surface area (Å²) in [7, 11) is 0. The van der Waals surface area contributed by atoms with Gasteiger partial charge in [-0.3, -0.25) is 10.1 Å². The van der Waals surface area contributed by atoms with E-state index in [9.17, 15) is 4.79 Å². The van der Waals surface area contributed by atoms with E-state index in [1.807, 2.05) is 6.26 Å². The number of anilines is 1. The summed E-state index contributed by atoms with van der Waals surface area (Å²) in [4.78, 5) is 11.4. The van der Waals surface area contributed by atoms with Crippen molar-refractivity contribution in [1.29, 1.82) is 0 Å². The molecule has 3 N–H and O–H groups in total. The summed E-state index contributed by atoms with van der Waals surface area (Å²) in [6.07, 6.45) is 2.62. The summed E-state index contributed by atoms with van der Waals surface area (Å²) in [5.74, 6) is 0.626. The van der Waals surface area contributed by atoms with Gasteiger partial charge < -0.3 is 5.73 Å². The number of thioether (sulfide) groups is 1. The predicted octanol–water partition coefficient (Wildman–Crippen LogP) is -0.0480. The maximum absolute atomic E-state index is 11.4. The number of nitrogens with two attached hydrogens (primary N) is 1. The van der Waals surface area contributed by atoms with E-state index in [-0.39, 0.29) is 5.91 Å². The van der Waals surface area contributed by atoms with Crippen LogP contribution in [0.2, 0.25) is 0 Å². The molecule has 1 aromatic rings. The molecule has 0 spiro atoms. The Morgan fingerprint density at radius 1 is 1.79 bits per heavy atom. The highest BCUT2D eigenvalue weighted by Gasteiger charge is 2.14. The molecule has 0 saturated carbocycles. The van der Waals surface area contributed by atoms with Gasteiger partial charge in [-0.15, -0.1) is 0 Å². The van der Waals surface area contributed by atoms with Crippen LogP contribution >= 0.6 is 23.3 Å². The molecule has 1 atom stereocenters. The minimum absolute atomic E-state index is 0.238. The van der Waals surface area contributed by atoms with Gasteiger partial charge in [0.2, 0.25) is 11.0 Å². The number of hydrogen-bond donors (Lipinski definition) is 2. The molecule has 1 heterocycles. The van der Waals surface area contributed by atoms with Gasteiger partial charge in [0.1, 0.15) is 0 Å². The first-order valence-electron chi connectivity index (χ1n) is 3.94. The molecule has 78 valence electrons. The molecule has 8 heteroatoms. The Labute approximate surface area is 89.8 Å². The summed E-state index contributed by atoms with van der Waals surface area (Å²) in [6.45, 7) is 0. The maximum Gasteiger partial charge on any atom is 0.243 e. The quantitative estimate of drug-likeness (QED) is 0.740. The zero-order valence-electron chi connectivity index (χ0n) is 7.64. The average Bonchev–Trinajstić information content (AvgIpc) is 2.66. The summed E-state index contributed by atoms with van der Waals surface area (Å²) >= 11 is 2.69. The van der Waals surface area contributed by atoms with Gasteiger partial charge >= 0.3 is 0 Å². The second kappa shape index (κ2) is 5.89. The summed E-state index contributed by atoms with van der Waals surface area (Å²) in [5.41, 5.74) is 5.63. The lowest BCUT2D eigenvalue weighted by atomic mass is 10.2. The van der Waals surface area contributed by atoms with Gasteiger partial charge in [0.25, 0.3) is 0 Å². The number of aromatic nitrogens is 3. The van der Waals surface area contributed by atoms with E-state index in [0.717, 1.165) is 17.3 Å². The fraction of sp³-hybridized carbons (Fsp3) is 0.667. The van der Waals surface area contributed by atoms with Crippen molar-refractivity contribution >= 4 is 34.3 Å². The van der Waals surface area contributed by atoms with Crippen LogP contribution in [-0.4, -0.2) is 38.8 Å². The van der Waals surface area contributed by atoms with Gasteiger partial charge in [0.05, 0.1) is 6.04 Å². The van der Waals surface area contributed by atoms with Crippen molar-refractivity contribution in [3.05, 3.63) is 0 Å². The lowest BCUT2D eigenvalue weighted by Gasteiger charge is -2.08. The Kier molecular flexibility index (Phi) is 4.77. The van der Waals surface area contributed by atoms with E-state index >= 15 is 0 Å². The minimum Gasteiger partial charge on any atom is -0.320 e. The van der Waals surface area contributed by atoms with E-state index in [4.69, 9.17) is 5.73 Å². The lowest BCUT2D eigenvalue weighted by Crippen LogP contribution is -2.36. The SMILES string of the molecule is CSCC[C@H](N)C(=O)Nc1nnns1. The number of amides is 1. The molecule has 0 bridgehead atoms. The Hall–Kier alpha value is -0.730. The normalized spacial score (nSPS) is 12.4. The molecule has 0 aliphatic rings. The first-order chi connectivity index (χ1) is 6.74. The van der Waals surface area contributed by atoms with Crippen LogP contribution in [0.25, 0.3) is 0 Å². The molecule has 0 radical (unpaired) electrons. The van der Waals surface area contributed by atoms with E-state index in [2.05, 4.69) is 20.1 Å². The van der Waals surface area contributed by atoms with Gasteiger partial charge in [-0.25, -0.2) is 0 Å². The molecule has 0 aromatic carbocycles. The van der Waals surface area contributed by atoms with Crippen molar-refractivity contribution in [3.63, 3.8) is 0 Å². The van der Waals surface area contributed by atoms with Crippen LogP contribution in [0.5, 0.6) is 0 Å². The topological polar surface area (TPSA) is 93.8 Å². The third-order valence-corrected chi connectivity index (χ3v) is 2.65. The predicted molar refractivity (Wildman–Crippen MR) is 57.3 cm³/mol. The van der Waals surface area contributed by atoms with Crippen molar-refractivity contribution in [3.8, 4) is 0 Å². The van der Waals surface area contributed by atoms with Gasteiger partial charge in [-0.2, -0.15) is 11.8 Å². The molecule has 1 aromatic heterocycles. The van der Waals surface area contributed by atoms with E-state index in [1.165, 1.54) is 0 Å². The molecule has 14 heavy (non-hydrogen) atoms. The summed E-state index contributed by atoms with van der Waals surface area (Å²) in [6, 6.07) is -0.494. The molecule has 0 aliphatic carbocycles. The molecule has 0 saturated heterocycles. The van der Waals surface area contributed by atoms with Gasteiger partial charge in [-0.05, 0) is 23.6 Å². The summed E-state index contributed by atoms with van der Waals surface area (Å²) < 4.78 is 3.52. The molecule has 1 rings (SSSR count). The van der Waals surface area contributed by atoms with Crippen molar-refractivity contribution in [2.24, 2.45) is 5.73 Å². The average molecular weight is 233 g/mol. The van der Waals surface area contributed by atoms with Crippen LogP contribution in [0.1, 0.15) is 6.42 Å². The molecule has 0 fully saturated rings. The highest BCUT2D eigenvalue weighted by atomic mass is 32.2. The van der Waals surface area contributed by atoms with Crippen LogP contribution in [0, 0.1) is 0 Å². The van der Waals surface area contributed by atoms with Crippen LogP contribution < -0.4 is 11.1 Å². The first-order valence-corrected chi connectivity index (χ1v) is 6.11. The van der Waals surface area contributed by atoms with Crippen LogP contribution in [0.3, 0.4) is 0 Å². The lowest BCUT2D eigenvalue weighted by molar-refractivity contribution is -0.117. The number of carbonyl (C=O) groups is 1. The van der Waals surface area contributed by atoms with Crippen LogP contribution in [-0.2, 0) is 4.79 Å². The van der Waals surface area contributed by atoms with Crippen LogP contribution in [0.4, 0.5) is 5.13 Å².